The summed E-state index contributed by atoms with van der Waals surface area (Å²) in [4.78, 5) is 24.4. The van der Waals surface area contributed by atoms with E-state index in [9.17, 15) is 5.11 Å². The molecule has 0 radical (unpaired) electrons. The minimum atomic E-state index is -0.0593. The number of terminal acetylenes is 1. The molecule has 2 unspecified atom stereocenters. The molecule has 4 aliphatic rings. The predicted molar refractivity (Wildman–Crippen MR) is 164 cm³/mol. The molecule has 0 amide bonds. The van der Waals surface area contributed by atoms with Crippen LogP contribution in [0.2, 0.25) is 0 Å². The summed E-state index contributed by atoms with van der Waals surface area (Å²) in [6.07, 6.45) is 13.4. The summed E-state index contributed by atoms with van der Waals surface area (Å²) in [5, 5.41) is 16.7. The molecule has 6 heterocycles. The Hall–Kier alpha value is -4.04. The van der Waals surface area contributed by atoms with Gasteiger partial charge in [-0.3, -0.25) is 4.90 Å². The van der Waals surface area contributed by atoms with Crippen LogP contribution in [0, 0.1) is 12.3 Å². The second-order valence-corrected chi connectivity index (χ2v) is 12.5. The lowest BCUT2D eigenvalue weighted by Gasteiger charge is -2.34. The zero-order valence-corrected chi connectivity index (χ0v) is 24.3. The van der Waals surface area contributed by atoms with E-state index in [0.717, 1.165) is 80.3 Å². The number of ether oxygens (including phenoxy) is 2. The minimum Gasteiger partial charge on any atom is -0.508 e. The molecule has 4 aromatic rings. The standard InChI is InChI=1S/C33H35N7O3/c1-3-20-6-4-7-21-12-24(41)13-26(28(20)21)29-34-15-27-30(36-29)37-32(38-31(27)39-16-22-8-9-23(17-39)35-22)43-19-33-10-5-11-40(33)18-25(14-33)42-2/h1,4,6-7,12-13,15,22-23,25,35,41H,5,8-11,14,16-19H2,2H3/t22?,23?,25-,33+/m1/s1. The number of phenols is 1. The molecular formula is C33H35N7O3. The van der Waals surface area contributed by atoms with Crippen LogP contribution in [0.5, 0.6) is 11.8 Å². The van der Waals surface area contributed by atoms with Gasteiger partial charge in [0, 0.05) is 61.5 Å². The lowest BCUT2D eigenvalue weighted by Crippen LogP contribution is -2.51. The molecule has 220 valence electrons. The summed E-state index contributed by atoms with van der Waals surface area (Å²) in [5.74, 6) is 4.13. The number of aromatic nitrogens is 4. The molecule has 43 heavy (non-hydrogen) atoms. The SMILES string of the molecule is C#Cc1cccc2cc(O)cc(-c3ncc4c(N5CC6CCC(C5)N6)nc(OC[C@@]56CCCN5C[C@H](OC)C6)nc4n3)c12. The maximum absolute atomic E-state index is 10.6. The number of anilines is 1. The average molecular weight is 578 g/mol. The van der Waals surface area contributed by atoms with E-state index in [1.807, 2.05) is 18.2 Å². The first-order chi connectivity index (χ1) is 21.0. The van der Waals surface area contributed by atoms with E-state index in [-0.39, 0.29) is 17.4 Å². The van der Waals surface area contributed by atoms with Gasteiger partial charge in [0.25, 0.3) is 0 Å². The molecule has 4 fully saturated rings. The van der Waals surface area contributed by atoms with E-state index in [0.29, 0.717) is 47.3 Å². The summed E-state index contributed by atoms with van der Waals surface area (Å²) in [6.45, 7) is 4.22. The number of phenolic OH excluding ortho intramolecular Hbond substituents is 1. The van der Waals surface area contributed by atoms with Gasteiger partial charge >= 0.3 is 6.01 Å². The van der Waals surface area contributed by atoms with Crippen LogP contribution in [-0.4, -0.2) is 93.6 Å². The van der Waals surface area contributed by atoms with Crippen molar-refractivity contribution < 1.29 is 14.6 Å². The predicted octanol–water partition coefficient (Wildman–Crippen LogP) is 3.50. The van der Waals surface area contributed by atoms with Gasteiger partial charge in [0.2, 0.25) is 0 Å². The summed E-state index contributed by atoms with van der Waals surface area (Å²) < 4.78 is 12.2. The first kappa shape index (κ1) is 26.6. The quantitative estimate of drug-likeness (QED) is 0.331. The van der Waals surface area contributed by atoms with Crippen LogP contribution < -0.4 is 15.0 Å². The van der Waals surface area contributed by atoms with Crippen LogP contribution in [0.4, 0.5) is 5.82 Å². The zero-order valence-electron chi connectivity index (χ0n) is 24.3. The molecule has 8 rings (SSSR count). The molecule has 2 N–H and O–H groups in total. The van der Waals surface area contributed by atoms with E-state index in [1.54, 1.807) is 25.4 Å². The van der Waals surface area contributed by atoms with Crippen molar-refractivity contribution in [1.82, 2.24) is 30.2 Å². The van der Waals surface area contributed by atoms with Gasteiger partial charge in [-0.15, -0.1) is 6.42 Å². The van der Waals surface area contributed by atoms with Crippen molar-refractivity contribution in [2.24, 2.45) is 0 Å². The highest BCUT2D eigenvalue weighted by atomic mass is 16.5. The number of methoxy groups -OCH3 is 1. The third kappa shape index (κ3) is 4.54. The molecule has 0 saturated carbocycles. The van der Waals surface area contributed by atoms with E-state index in [2.05, 4.69) is 21.0 Å². The molecule has 4 saturated heterocycles. The molecule has 10 nitrogen and oxygen atoms in total. The van der Waals surface area contributed by atoms with Gasteiger partial charge in [-0.25, -0.2) is 9.97 Å². The Morgan fingerprint density at radius 1 is 1.14 bits per heavy atom. The smallest absolute Gasteiger partial charge is 0.320 e. The van der Waals surface area contributed by atoms with E-state index in [1.165, 1.54) is 0 Å². The number of piperazine rings is 1. The molecule has 2 aromatic heterocycles. The Balaban J connectivity index is 1.22. The molecular weight excluding hydrogens is 542 g/mol. The van der Waals surface area contributed by atoms with Crippen molar-refractivity contribution in [3.8, 4) is 35.5 Å². The maximum atomic E-state index is 10.6. The number of aromatic hydroxyl groups is 1. The molecule has 10 heteroatoms. The highest BCUT2D eigenvalue weighted by molar-refractivity contribution is 6.01. The van der Waals surface area contributed by atoms with Crippen molar-refractivity contribution in [2.75, 3.05) is 44.8 Å². The number of rotatable bonds is 6. The summed E-state index contributed by atoms with van der Waals surface area (Å²) in [5.41, 5.74) is 1.82. The summed E-state index contributed by atoms with van der Waals surface area (Å²) in [7, 11) is 1.79. The largest absolute Gasteiger partial charge is 0.508 e. The van der Waals surface area contributed by atoms with Crippen LogP contribution in [0.25, 0.3) is 33.2 Å². The fraction of sp³-hybridized carbons (Fsp3) is 0.455. The fourth-order valence-corrected chi connectivity index (χ4v) is 7.82. The molecule has 2 aromatic carbocycles. The average Bonchev–Trinajstić information content (AvgIpc) is 3.69. The summed E-state index contributed by atoms with van der Waals surface area (Å²) >= 11 is 0. The topological polar surface area (TPSA) is 109 Å². The Bertz CT molecular complexity index is 1760. The first-order valence-corrected chi connectivity index (χ1v) is 15.2. The lowest BCUT2D eigenvalue weighted by atomic mass is 9.94. The van der Waals surface area contributed by atoms with Gasteiger partial charge in [-0.2, -0.15) is 9.97 Å². The Labute approximate surface area is 250 Å². The minimum absolute atomic E-state index is 0.0593. The Morgan fingerprint density at radius 2 is 2.00 bits per heavy atom. The van der Waals surface area contributed by atoms with Gasteiger partial charge in [0.15, 0.2) is 11.5 Å². The second kappa shape index (κ2) is 10.3. The number of hydrogen-bond acceptors (Lipinski definition) is 10. The number of benzene rings is 2. The normalized spacial score (nSPS) is 26.7. The van der Waals surface area contributed by atoms with E-state index in [4.69, 9.17) is 35.8 Å². The Morgan fingerprint density at radius 3 is 2.81 bits per heavy atom. The third-order valence-electron chi connectivity index (χ3n) is 9.86. The molecule has 4 aliphatic heterocycles. The number of fused-ring (bicyclic) bond motifs is 5. The Kier molecular flexibility index (Phi) is 6.37. The van der Waals surface area contributed by atoms with Gasteiger partial charge < -0.3 is 24.8 Å². The number of nitrogens with zero attached hydrogens (tertiary/aromatic N) is 6. The second-order valence-electron chi connectivity index (χ2n) is 12.5. The van der Waals surface area contributed by atoms with E-state index < -0.39 is 0 Å². The highest BCUT2D eigenvalue weighted by Crippen LogP contribution is 2.41. The van der Waals surface area contributed by atoms with Gasteiger partial charge in [-0.1, -0.05) is 18.1 Å². The van der Waals surface area contributed by atoms with Crippen LogP contribution in [0.3, 0.4) is 0 Å². The molecule has 4 atom stereocenters. The third-order valence-corrected chi connectivity index (χ3v) is 9.86. The first-order valence-electron chi connectivity index (χ1n) is 15.2. The maximum Gasteiger partial charge on any atom is 0.320 e. The molecule has 2 bridgehead atoms. The van der Waals surface area contributed by atoms with Crippen molar-refractivity contribution in [2.45, 2.75) is 55.8 Å². The van der Waals surface area contributed by atoms with Crippen molar-refractivity contribution in [3.63, 3.8) is 0 Å². The van der Waals surface area contributed by atoms with Gasteiger partial charge in [-0.05, 0) is 62.2 Å². The van der Waals surface area contributed by atoms with Crippen LogP contribution in [-0.2, 0) is 4.74 Å². The van der Waals surface area contributed by atoms with Gasteiger partial charge in [0.1, 0.15) is 18.2 Å². The van der Waals surface area contributed by atoms with Crippen molar-refractivity contribution in [3.05, 3.63) is 42.1 Å². The van der Waals surface area contributed by atoms with Crippen LogP contribution in [0.1, 0.15) is 37.7 Å². The molecule has 0 spiro atoms. The molecule has 0 aliphatic carbocycles. The van der Waals surface area contributed by atoms with Crippen molar-refractivity contribution in [1.29, 1.82) is 0 Å². The van der Waals surface area contributed by atoms with Crippen LogP contribution in [0.15, 0.2) is 36.5 Å². The number of nitrogens with one attached hydrogen (secondary N) is 1. The number of hydrogen-bond donors (Lipinski definition) is 2. The zero-order chi connectivity index (χ0) is 29.1. The summed E-state index contributed by atoms with van der Waals surface area (Å²) in [6, 6.07) is 10.3. The fourth-order valence-electron chi connectivity index (χ4n) is 7.82. The monoisotopic (exact) mass is 577 g/mol. The van der Waals surface area contributed by atoms with Gasteiger partial charge in [0.05, 0.1) is 17.0 Å². The van der Waals surface area contributed by atoms with Crippen LogP contribution >= 0.6 is 0 Å². The van der Waals surface area contributed by atoms with E-state index >= 15 is 0 Å². The lowest BCUT2D eigenvalue weighted by molar-refractivity contribution is 0.0997. The van der Waals surface area contributed by atoms with Crippen molar-refractivity contribution >= 4 is 27.6 Å². The highest BCUT2D eigenvalue weighted by Gasteiger charge is 2.49.